The number of pyridine rings is 1. The third-order valence-corrected chi connectivity index (χ3v) is 6.60. The van der Waals surface area contributed by atoms with Gasteiger partial charge >= 0.3 is 5.97 Å². The number of H-pyrrole nitrogens is 1. The van der Waals surface area contributed by atoms with Crippen molar-refractivity contribution in [2.75, 3.05) is 25.1 Å². The monoisotopic (exact) mass is 413 g/mol. The van der Waals surface area contributed by atoms with Gasteiger partial charge in [-0.3, -0.25) is 0 Å². The molecule has 1 atom stereocenters. The number of nitrogens with zero attached hydrogens (tertiary/aromatic N) is 2. The molecule has 1 saturated carbocycles. The van der Waals surface area contributed by atoms with Gasteiger partial charge in [0.15, 0.2) is 0 Å². The number of methoxy groups -OCH3 is 1. The highest BCUT2D eigenvalue weighted by Crippen LogP contribution is 2.50. The number of fused-ring (bicyclic) bond motifs is 1. The van der Waals surface area contributed by atoms with E-state index in [4.69, 9.17) is 16.3 Å². The molecule has 1 aromatic carbocycles. The summed E-state index contributed by atoms with van der Waals surface area (Å²) in [4.78, 5) is 21.2. The zero-order valence-electron chi connectivity index (χ0n) is 15.8. The Morgan fingerprint density at radius 1 is 1.34 bits per heavy atom. The summed E-state index contributed by atoms with van der Waals surface area (Å²) in [5, 5.41) is 20.5. The largest absolute Gasteiger partial charge is 0.480 e. The lowest BCUT2D eigenvalue weighted by atomic mass is 9.61. The second-order valence-corrected chi connectivity index (χ2v) is 8.29. The quantitative estimate of drug-likeness (QED) is 0.605. The van der Waals surface area contributed by atoms with E-state index in [1.807, 2.05) is 12.1 Å². The summed E-state index contributed by atoms with van der Waals surface area (Å²) in [6.45, 7) is 1.59. The Balaban J connectivity index is 1.52. The minimum absolute atomic E-state index is 0.0312. The highest BCUT2D eigenvalue weighted by molar-refractivity contribution is 6.34. The molecule has 5 rings (SSSR count). The number of aliphatic hydroxyl groups excluding tert-OH is 1. The van der Waals surface area contributed by atoms with E-state index in [0.29, 0.717) is 32.9 Å². The van der Waals surface area contributed by atoms with Gasteiger partial charge in [0.25, 0.3) is 0 Å². The van der Waals surface area contributed by atoms with Crippen molar-refractivity contribution in [3.05, 3.63) is 41.0 Å². The summed E-state index contributed by atoms with van der Waals surface area (Å²) in [5.74, 6) is 0.210. The lowest BCUT2D eigenvalue weighted by Gasteiger charge is -2.59. The first-order valence-corrected chi connectivity index (χ1v) is 9.82. The summed E-state index contributed by atoms with van der Waals surface area (Å²) >= 11 is 6.49. The fourth-order valence-electron chi connectivity index (χ4n) is 4.42. The maximum Gasteiger partial charge on any atom is 0.337 e. The number of carbonyl (C=O) groups is 1. The number of rotatable bonds is 4. The third-order valence-electron chi connectivity index (χ3n) is 6.29. The van der Waals surface area contributed by atoms with Gasteiger partial charge in [-0.1, -0.05) is 11.6 Å². The fourth-order valence-corrected chi connectivity index (χ4v) is 4.69. The van der Waals surface area contributed by atoms with E-state index < -0.39 is 5.97 Å². The number of nitrogens with one attached hydrogen (secondary N) is 1. The van der Waals surface area contributed by atoms with Crippen molar-refractivity contribution in [3.8, 4) is 17.0 Å². The minimum Gasteiger partial charge on any atom is -0.480 e. The Kier molecular flexibility index (Phi) is 4.01. The van der Waals surface area contributed by atoms with Crippen LogP contribution in [0.3, 0.4) is 0 Å². The topological polar surface area (TPSA) is 98.7 Å². The van der Waals surface area contributed by atoms with Gasteiger partial charge in [0.1, 0.15) is 5.82 Å². The van der Waals surface area contributed by atoms with Gasteiger partial charge in [0.05, 0.1) is 23.8 Å². The van der Waals surface area contributed by atoms with E-state index in [1.165, 1.54) is 6.20 Å². The maximum atomic E-state index is 11.5. The molecule has 7 nitrogen and oxygen atoms in total. The molecule has 2 aromatic heterocycles. The van der Waals surface area contributed by atoms with Gasteiger partial charge < -0.3 is 24.8 Å². The normalized spacial score (nSPS) is 19.8. The fraction of sp³-hybridized carbons (Fsp3) is 0.333. The Morgan fingerprint density at radius 3 is 2.76 bits per heavy atom. The highest BCUT2D eigenvalue weighted by Gasteiger charge is 2.54. The number of ether oxygens (including phenoxy) is 1. The number of halogens is 1. The van der Waals surface area contributed by atoms with Crippen LogP contribution in [0.15, 0.2) is 30.5 Å². The van der Waals surface area contributed by atoms with Crippen molar-refractivity contribution >= 4 is 34.3 Å². The molecule has 29 heavy (non-hydrogen) atoms. The number of aliphatic hydroxyl groups is 1. The molecule has 3 aromatic rings. The Hall–Kier alpha value is -2.77. The summed E-state index contributed by atoms with van der Waals surface area (Å²) in [7, 11) is 1.55. The SMILES string of the molecule is COc1nc(N2CC3(CC[C@@H]3O)C2)ccc1-c1cc2c(C(=O)O)c[nH]c2cc1Cl. The molecular weight excluding hydrogens is 394 g/mol. The molecule has 0 bridgehead atoms. The number of hydrogen-bond acceptors (Lipinski definition) is 5. The van der Waals surface area contributed by atoms with Crippen molar-refractivity contribution in [1.82, 2.24) is 9.97 Å². The third kappa shape index (κ3) is 2.68. The van der Waals surface area contributed by atoms with Gasteiger partial charge in [-0.15, -0.1) is 0 Å². The van der Waals surface area contributed by atoms with E-state index in [-0.39, 0.29) is 17.1 Å². The number of hydrogen-bond donors (Lipinski definition) is 3. The van der Waals surface area contributed by atoms with Crippen LogP contribution < -0.4 is 9.64 Å². The molecule has 0 amide bonds. The van der Waals surface area contributed by atoms with Crippen molar-refractivity contribution in [3.63, 3.8) is 0 Å². The number of aromatic nitrogens is 2. The van der Waals surface area contributed by atoms with Crippen molar-refractivity contribution < 1.29 is 19.7 Å². The second kappa shape index (κ2) is 6.37. The maximum absolute atomic E-state index is 11.5. The number of anilines is 1. The first-order valence-electron chi connectivity index (χ1n) is 9.44. The van der Waals surface area contributed by atoms with E-state index in [1.54, 1.807) is 19.2 Å². The number of carboxylic acids is 1. The van der Waals surface area contributed by atoms with Crippen LogP contribution in [0, 0.1) is 5.41 Å². The lowest BCUT2D eigenvalue weighted by molar-refractivity contribution is -0.0825. The van der Waals surface area contributed by atoms with Crippen molar-refractivity contribution in [2.24, 2.45) is 5.41 Å². The van der Waals surface area contributed by atoms with Crippen LogP contribution in [0.2, 0.25) is 5.02 Å². The minimum atomic E-state index is -1.00. The van der Waals surface area contributed by atoms with Crippen LogP contribution in [0.25, 0.3) is 22.0 Å². The van der Waals surface area contributed by atoms with Gasteiger partial charge in [0.2, 0.25) is 5.88 Å². The Morgan fingerprint density at radius 2 is 2.14 bits per heavy atom. The average molecular weight is 414 g/mol. The van der Waals surface area contributed by atoms with Gasteiger partial charge in [0, 0.05) is 46.7 Å². The molecule has 1 saturated heterocycles. The molecule has 2 fully saturated rings. The van der Waals surface area contributed by atoms with Crippen molar-refractivity contribution in [1.29, 1.82) is 0 Å². The van der Waals surface area contributed by atoms with E-state index >= 15 is 0 Å². The molecule has 1 aliphatic carbocycles. The van der Waals surface area contributed by atoms with Gasteiger partial charge in [-0.25, -0.2) is 4.79 Å². The molecule has 3 heterocycles. The predicted octanol–water partition coefficient (Wildman–Crippen LogP) is 3.55. The Labute approximate surface area is 171 Å². The number of aromatic carboxylic acids is 1. The molecule has 0 unspecified atom stereocenters. The van der Waals surface area contributed by atoms with Crippen LogP contribution in [0.4, 0.5) is 5.82 Å². The Bertz CT molecular complexity index is 1140. The molecular formula is C21H20ClN3O4. The molecule has 0 radical (unpaired) electrons. The zero-order chi connectivity index (χ0) is 20.3. The average Bonchev–Trinajstić information content (AvgIpc) is 3.08. The standard InChI is InChI=1S/C21H20ClN3O4/c1-29-19-11(2-3-18(24-19)25-9-21(10-25)5-4-17(21)26)12-6-13-14(20(27)28)8-23-16(13)7-15(12)22/h2-3,6-8,17,23,26H,4-5,9-10H2,1H3,(H,27,28)/t17-/m0/s1. The summed E-state index contributed by atoms with van der Waals surface area (Å²) in [5.41, 5.74) is 2.23. The molecule has 150 valence electrons. The van der Waals surface area contributed by atoms with E-state index in [2.05, 4.69) is 14.9 Å². The summed E-state index contributed by atoms with van der Waals surface area (Å²) in [6.07, 6.45) is 3.18. The van der Waals surface area contributed by atoms with Crippen LogP contribution in [0.5, 0.6) is 5.88 Å². The number of aromatic amines is 1. The summed E-state index contributed by atoms with van der Waals surface area (Å²) < 4.78 is 5.53. The smallest absolute Gasteiger partial charge is 0.337 e. The van der Waals surface area contributed by atoms with Crippen molar-refractivity contribution in [2.45, 2.75) is 18.9 Å². The van der Waals surface area contributed by atoms with Gasteiger partial charge in [-0.2, -0.15) is 4.98 Å². The summed E-state index contributed by atoms with van der Waals surface area (Å²) in [6, 6.07) is 7.26. The van der Waals surface area contributed by atoms with E-state index in [9.17, 15) is 15.0 Å². The second-order valence-electron chi connectivity index (χ2n) is 7.88. The zero-order valence-corrected chi connectivity index (χ0v) is 16.5. The predicted molar refractivity (Wildman–Crippen MR) is 110 cm³/mol. The first-order chi connectivity index (χ1) is 13.9. The van der Waals surface area contributed by atoms with E-state index in [0.717, 1.165) is 31.7 Å². The first kappa shape index (κ1) is 18.3. The van der Waals surface area contributed by atoms with Crippen LogP contribution >= 0.6 is 11.6 Å². The van der Waals surface area contributed by atoms with Crippen LogP contribution in [-0.4, -0.2) is 52.5 Å². The highest BCUT2D eigenvalue weighted by atomic mass is 35.5. The molecule has 2 aliphatic rings. The molecule has 8 heteroatoms. The number of carboxylic acid groups (broad SMARTS) is 1. The van der Waals surface area contributed by atoms with Crippen LogP contribution in [-0.2, 0) is 0 Å². The van der Waals surface area contributed by atoms with Crippen LogP contribution in [0.1, 0.15) is 23.2 Å². The van der Waals surface area contributed by atoms with Gasteiger partial charge in [-0.05, 0) is 37.1 Å². The molecule has 1 aliphatic heterocycles. The number of benzene rings is 1. The molecule has 1 spiro atoms. The molecule has 3 N–H and O–H groups in total. The lowest BCUT2D eigenvalue weighted by Crippen LogP contribution is -2.67.